The lowest BCUT2D eigenvalue weighted by Gasteiger charge is -2.17. The smallest absolute Gasteiger partial charge is 0.257 e. The van der Waals surface area contributed by atoms with Crippen molar-refractivity contribution in [1.29, 1.82) is 0 Å². The Morgan fingerprint density at radius 3 is 2.50 bits per heavy atom. The van der Waals surface area contributed by atoms with Gasteiger partial charge in [-0.15, -0.1) is 0 Å². The summed E-state index contributed by atoms with van der Waals surface area (Å²) in [7, 11) is 1.50. The standard InChI is InChI=1S/C10H12ClF2N/c1-6-3-4-8(11)7(5-6)9(14-2)10(12)13/h3-5,9-10,14H,1-2H3. The topological polar surface area (TPSA) is 12.0 Å². The van der Waals surface area contributed by atoms with Crippen LogP contribution in [-0.2, 0) is 0 Å². The number of benzene rings is 1. The van der Waals surface area contributed by atoms with E-state index in [9.17, 15) is 8.78 Å². The first-order valence-corrected chi connectivity index (χ1v) is 4.65. The summed E-state index contributed by atoms with van der Waals surface area (Å²) >= 11 is 5.84. The van der Waals surface area contributed by atoms with Crippen LogP contribution < -0.4 is 5.32 Å². The highest BCUT2D eigenvalue weighted by molar-refractivity contribution is 6.31. The van der Waals surface area contributed by atoms with E-state index in [1.807, 2.05) is 6.92 Å². The molecule has 1 atom stereocenters. The van der Waals surface area contributed by atoms with E-state index >= 15 is 0 Å². The summed E-state index contributed by atoms with van der Waals surface area (Å²) in [5.41, 5.74) is 1.37. The van der Waals surface area contributed by atoms with Crippen LogP contribution in [0.4, 0.5) is 8.78 Å². The molecule has 0 aliphatic rings. The Bertz CT molecular complexity index is 315. The van der Waals surface area contributed by atoms with Gasteiger partial charge in [0.15, 0.2) is 0 Å². The molecule has 1 N–H and O–H groups in total. The average Bonchev–Trinajstić information content (AvgIpc) is 2.11. The minimum Gasteiger partial charge on any atom is -0.308 e. The fraction of sp³-hybridized carbons (Fsp3) is 0.400. The normalized spacial score (nSPS) is 13.3. The van der Waals surface area contributed by atoms with E-state index in [1.54, 1.807) is 18.2 Å². The van der Waals surface area contributed by atoms with Crippen LogP contribution in [0.1, 0.15) is 17.2 Å². The maximum absolute atomic E-state index is 12.6. The van der Waals surface area contributed by atoms with Gasteiger partial charge in [0.25, 0.3) is 6.43 Å². The first kappa shape index (κ1) is 11.4. The molecular weight excluding hydrogens is 208 g/mol. The highest BCUT2D eigenvalue weighted by Crippen LogP contribution is 2.27. The molecular formula is C10H12ClF2N. The maximum atomic E-state index is 12.6. The molecule has 0 aliphatic carbocycles. The zero-order valence-electron chi connectivity index (χ0n) is 8.02. The van der Waals surface area contributed by atoms with E-state index < -0.39 is 12.5 Å². The lowest BCUT2D eigenvalue weighted by molar-refractivity contribution is 0.102. The molecule has 0 radical (unpaired) electrons. The second kappa shape index (κ2) is 4.71. The Hall–Kier alpha value is -0.670. The Morgan fingerprint density at radius 2 is 2.00 bits per heavy atom. The first-order chi connectivity index (χ1) is 6.56. The summed E-state index contributed by atoms with van der Waals surface area (Å²) in [5, 5.41) is 2.92. The van der Waals surface area contributed by atoms with Gasteiger partial charge in [-0.25, -0.2) is 8.78 Å². The van der Waals surface area contributed by atoms with E-state index in [2.05, 4.69) is 5.32 Å². The third-order valence-corrected chi connectivity index (χ3v) is 2.39. The second-order valence-corrected chi connectivity index (χ2v) is 3.53. The number of aryl methyl sites for hydroxylation is 1. The third-order valence-electron chi connectivity index (χ3n) is 2.05. The molecule has 0 saturated carbocycles. The number of halogens is 3. The Morgan fingerprint density at radius 1 is 1.36 bits per heavy atom. The van der Waals surface area contributed by atoms with Gasteiger partial charge in [0.1, 0.15) is 0 Å². The Labute approximate surface area is 87.1 Å². The molecule has 1 nitrogen and oxygen atoms in total. The van der Waals surface area contributed by atoms with Crippen LogP contribution in [0.15, 0.2) is 18.2 Å². The van der Waals surface area contributed by atoms with Crippen molar-refractivity contribution in [2.24, 2.45) is 0 Å². The van der Waals surface area contributed by atoms with Gasteiger partial charge in [-0.05, 0) is 25.6 Å². The molecule has 0 heterocycles. The minimum atomic E-state index is -2.46. The molecule has 78 valence electrons. The molecule has 0 bridgehead atoms. The molecule has 0 saturated heterocycles. The number of hydrogen-bond acceptors (Lipinski definition) is 1. The predicted molar refractivity (Wildman–Crippen MR) is 54.0 cm³/mol. The molecule has 4 heteroatoms. The highest BCUT2D eigenvalue weighted by atomic mass is 35.5. The first-order valence-electron chi connectivity index (χ1n) is 4.27. The van der Waals surface area contributed by atoms with Crippen LogP contribution in [0, 0.1) is 6.92 Å². The van der Waals surface area contributed by atoms with Gasteiger partial charge >= 0.3 is 0 Å². The van der Waals surface area contributed by atoms with Crippen LogP contribution in [-0.4, -0.2) is 13.5 Å². The summed E-state index contributed by atoms with van der Waals surface area (Å²) in [4.78, 5) is 0. The van der Waals surface area contributed by atoms with Crippen molar-refractivity contribution < 1.29 is 8.78 Å². The van der Waals surface area contributed by atoms with Crippen LogP contribution in [0.2, 0.25) is 5.02 Å². The van der Waals surface area contributed by atoms with E-state index in [1.165, 1.54) is 7.05 Å². The van der Waals surface area contributed by atoms with Gasteiger partial charge < -0.3 is 5.32 Å². The van der Waals surface area contributed by atoms with Crippen molar-refractivity contribution in [3.63, 3.8) is 0 Å². The monoisotopic (exact) mass is 219 g/mol. The van der Waals surface area contributed by atoms with E-state index in [4.69, 9.17) is 11.6 Å². The third kappa shape index (κ3) is 2.42. The summed E-state index contributed by atoms with van der Waals surface area (Å²) < 4.78 is 25.2. The van der Waals surface area contributed by atoms with Gasteiger partial charge in [0.2, 0.25) is 0 Å². The quantitative estimate of drug-likeness (QED) is 0.824. The SMILES string of the molecule is CNC(c1cc(C)ccc1Cl)C(F)F. The predicted octanol–water partition coefficient (Wildman–Crippen LogP) is 3.17. The van der Waals surface area contributed by atoms with Gasteiger partial charge in [-0.3, -0.25) is 0 Å². The fourth-order valence-electron chi connectivity index (χ4n) is 1.32. The molecule has 1 rings (SSSR count). The largest absolute Gasteiger partial charge is 0.308 e. The van der Waals surface area contributed by atoms with Crippen molar-refractivity contribution in [2.45, 2.75) is 19.4 Å². The molecule has 0 spiro atoms. The van der Waals surface area contributed by atoms with Crippen molar-refractivity contribution in [1.82, 2.24) is 5.32 Å². The Balaban J connectivity index is 3.08. The number of rotatable bonds is 3. The summed E-state index contributed by atoms with van der Waals surface area (Å²) in [6.45, 7) is 1.85. The van der Waals surface area contributed by atoms with Gasteiger partial charge in [0, 0.05) is 5.02 Å². The van der Waals surface area contributed by atoms with Crippen LogP contribution >= 0.6 is 11.6 Å². The van der Waals surface area contributed by atoms with Gasteiger partial charge in [-0.1, -0.05) is 29.3 Å². The van der Waals surface area contributed by atoms with Crippen molar-refractivity contribution >= 4 is 11.6 Å². The van der Waals surface area contributed by atoms with E-state index in [-0.39, 0.29) is 0 Å². The van der Waals surface area contributed by atoms with Crippen molar-refractivity contribution in [3.05, 3.63) is 34.3 Å². The zero-order valence-corrected chi connectivity index (χ0v) is 8.78. The second-order valence-electron chi connectivity index (χ2n) is 3.13. The molecule has 0 aromatic heterocycles. The van der Waals surface area contributed by atoms with E-state index in [0.717, 1.165) is 5.56 Å². The number of hydrogen-bond donors (Lipinski definition) is 1. The lowest BCUT2D eigenvalue weighted by Crippen LogP contribution is -2.24. The average molecular weight is 220 g/mol. The molecule has 1 unspecified atom stereocenters. The Kier molecular flexibility index (Phi) is 3.84. The lowest BCUT2D eigenvalue weighted by atomic mass is 10.0. The molecule has 0 fully saturated rings. The molecule has 0 amide bonds. The van der Waals surface area contributed by atoms with E-state index in [0.29, 0.717) is 10.6 Å². The summed E-state index contributed by atoms with van der Waals surface area (Å²) in [5.74, 6) is 0. The zero-order chi connectivity index (χ0) is 10.7. The summed E-state index contributed by atoms with van der Waals surface area (Å²) in [6.07, 6.45) is -2.46. The van der Waals surface area contributed by atoms with Gasteiger partial charge in [-0.2, -0.15) is 0 Å². The molecule has 0 aliphatic heterocycles. The minimum absolute atomic E-state index is 0.371. The van der Waals surface area contributed by atoms with Crippen molar-refractivity contribution in [3.8, 4) is 0 Å². The maximum Gasteiger partial charge on any atom is 0.257 e. The number of nitrogens with one attached hydrogen (secondary N) is 1. The van der Waals surface area contributed by atoms with Crippen LogP contribution in [0.25, 0.3) is 0 Å². The molecule has 14 heavy (non-hydrogen) atoms. The van der Waals surface area contributed by atoms with Crippen LogP contribution in [0.5, 0.6) is 0 Å². The number of alkyl halides is 2. The van der Waals surface area contributed by atoms with Gasteiger partial charge in [0.05, 0.1) is 6.04 Å². The van der Waals surface area contributed by atoms with Crippen molar-refractivity contribution in [2.75, 3.05) is 7.05 Å². The summed E-state index contributed by atoms with van der Waals surface area (Å²) in [6, 6.07) is 4.11. The fourth-order valence-corrected chi connectivity index (χ4v) is 1.55. The molecule has 1 aromatic carbocycles. The highest BCUT2D eigenvalue weighted by Gasteiger charge is 2.22. The molecule has 1 aromatic rings. The van der Waals surface area contributed by atoms with Crippen LogP contribution in [0.3, 0.4) is 0 Å².